The van der Waals surface area contributed by atoms with E-state index in [0.29, 0.717) is 28.5 Å². The molecular weight excluding hydrogens is 460 g/mol. The Balaban J connectivity index is 1.55. The first-order valence-corrected chi connectivity index (χ1v) is 11.1. The highest BCUT2D eigenvalue weighted by atomic mass is 16.5. The Morgan fingerprint density at radius 1 is 0.889 bits per heavy atom. The second-order valence-electron chi connectivity index (χ2n) is 7.85. The van der Waals surface area contributed by atoms with Gasteiger partial charge < -0.3 is 14.2 Å². The summed E-state index contributed by atoms with van der Waals surface area (Å²) >= 11 is 0. The summed E-state index contributed by atoms with van der Waals surface area (Å²) in [5, 5.41) is 4.64. The Morgan fingerprint density at radius 3 is 2.39 bits per heavy atom. The highest BCUT2D eigenvalue weighted by Crippen LogP contribution is 2.33. The molecule has 0 aliphatic rings. The Bertz CT molecular complexity index is 1370. The van der Waals surface area contributed by atoms with E-state index in [1.165, 1.54) is 7.11 Å². The lowest BCUT2D eigenvalue weighted by Gasteiger charge is -2.10. The molecule has 0 saturated heterocycles. The van der Waals surface area contributed by atoms with Gasteiger partial charge in [-0.1, -0.05) is 30.3 Å². The van der Waals surface area contributed by atoms with Crippen LogP contribution in [0.25, 0.3) is 16.9 Å². The fraction of sp³-hybridized carbons (Fsp3) is 0.148. The zero-order valence-electron chi connectivity index (χ0n) is 20.1. The maximum atomic E-state index is 13.1. The van der Waals surface area contributed by atoms with E-state index in [-0.39, 0.29) is 12.2 Å². The molecule has 0 aliphatic carbocycles. The van der Waals surface area contributed by atoms with Crippen LogP contribution in [0.4, 0.5) is 0 Å². The van der Waals surface area contributed by atoms with Gasteiger partial charge in [-0.15, -0.1) is 0 Å². The Labute approximate surface area is 208 Å². The molecule has 0 radical (unpaired) electrons. The van der Waals surface area contributed by atoms with Crippen LogP contribution in [0.2, 0.25) is 0 Å². The van der Waals surface area contributed by atoms with Crippen LogP contribution in [0.15, 0.2) is 79.0 Å². The third kappa shape index (κ3) is 5.64. The third-order valence-electron chi connectivity index (χ3n) is 5.31. The first-order chi connectivity index (χ1) is 17.5. The van der Waals surface area contributed by atoms with Gasteiger partial charge in [-0.3, -0.25) is 20.4 Å². The lowest BCUT2D eigenvalue weighted by Crippen LogP contribution is -2.43. The topological polar surface area (TPSA) is 104 Å². The second kappa shape index (κ2) is 11.1. The number of hydrogen-bond donors (Lipinski definition) is 2. The largest absolute Gasteiger partial charge is 0.493 e. The van der Waals surface area contributed by atoms with E-state index in [0.717, 1.165) is 11.3 Å². The predicted molar refractivity (Wildman–Crippen MR) is 134 cm³/mol. The minimum atomic E-state index is -0.536. The molecule has 0 bridgehead atoms. The molecule has 9 nitrogen and oxygen atoms in total. The number of methoxy groups -OCH3 is 2. The number of amides is 2. The van der Waals surface area contributed by atoms with Gasteiger partial charge in [0, 0.05) is 11.8 Å². The van der Waals surface area contributed by atoms with E-state index >= 15 is 0 Å². The predicted octanol–water partition coefficient (Wildman–Crippen LogP) is 3.70. The Hall–Kier alpha value is -4.79. The van der Waals surface area contributed by atoms with Crippen molar-refractivity contribution in [2.24, 2.45) is 0 Å². The van der Waals surface area contributed by atoms with Crippen molar-refractivity contribution in [3.63, 3.8) is 0 Å². The summed E-state index contributed by atoms with van der Waals surface area (Å²) in [6.07, 6.45) is 1.60. The van der Waals surface area contributed by atoms with Crippen LogP contribution in [-0.4, -0.2) is 42.4 Å². The van der Waals surface area contributed by atoms with Crippen molar-refractivity contribution in [2.75, 3.05) is 20.8 Å². The van der Waals surface area contributed by atoms with Gasteiger partial charge in [-0.05, 0) is 55.0 Å². The van der Waals surface area contributed by atoms with Gasteiger partial charge in [0.25, 0.3) is 11.8 Å². The van der Waals surface area contributed by atoms with Gasteiger partial charge in [0.05, 0.1) is 25.5 Å². The summed E-state index contributed by atoms with van der Waals surface area (Å²) in [6, 6.07) is 22.0. The van der Waals surface area contributed by atoms with Crippen molar-refractivity contribution in [1.82, 2.24) is 20.6 Å². The monoisotopic (exact) mass is 486 g/mol. The summed E-state index contributed by atoms with van der Waals surface area (Å²) in [7, 11) is 3.08. The standard InChI is InChI=1S/C27H26N4O5/c1-18-8-7-11-21(14-18)36-17-25(32)28-29-27(33)22-16-31(20-9-5-4-6-10-20)30-26(22)19-12-13-23(34-2)24(15-19)35-3/h4-16H,17H2,1-3H3,(H,28,32)(H,29,33). The minimum absolute atomic E-state index is 0.254. The fourth-order valence-corrected chi connectivity index (χ4v) is 3.53. The molecule has 0 atom stereocenters. The molecule has 0 unspecified atom stereocenters. The quantitative estimate of drug-likeness (QED) is 0.368. The molecule has 0 fully saturated rings. The number of ether oxygens (including phenoxy) is 3. The number of carbonyl (C=O) groups is 2. The van der Waals surface area contributed by atoms with E-state index in [1.807, 2.05) is 55.5 Å². The normalized spacial score (nSPS) is 10.4. The molecule has 1 heterocycles. The molecule has 3 aromatic carbocycles. The lowest BCUT2D eigenvalue weighted by atomic mass is 10.1. The van der Waals surface area contributed by atoms with Gasteiger partial charge in [0.2, 0.25) is 0 Å². The summed E-state index contributed by atoms with van der Waals surface area (Å²) in [4.78, 5) is 25.4. The van der Waals surface area contributed by atoms with Crippen LogP contribution in [0.1, 0.15) is 15.9 Å². The van der Waals surface area contributed by atoms with Gasteiger partial charge in [0.1, 0.15) is 11.4 Å². The van der Waals surface area contributed by atoms with Gasteiger partial charge >= 0.3 is 0 Å². The minimum Gasteiger partial charge on any atom is -0.493 e. The number of para-hydroxylation sites is 1. The molecule has 36 heavy (non-hydrogen) atoms. The number of nitrogens with zero attached hydrogens (tertiary/aromatic N) is 2. The molecule has 2 amide bonds. The molecule has 4 rings (SSSR count). The first-order valence-electron chi connectivity index (χ1n) is 11.1. The fourth-order valence-electron chi connectivity index (χ4n) is 3.53. The van der Waals surface area contributed by atoms with Crippen molar-refractivity contribution in [1.29, 1.82) is 0 Å². The van der Waals surface area contributed by atoms with Crippen molar-refractivity contribution in [3.8, 4) is 34.2 Å². The molecule has 4 aromatic rings. The molecule has 0 saturated carbocycles. The molecule has 184 valence electrons. The van der Waals surface area contributed by atoms with Crippen LogP contribution < -0.4 is 25.1 Å². The number of carbonyl (C=O) groups excluding carboxylic acids is 2. The summed E-state index contributed by atoms with van der Waals surface area (Å²) in [5.41, 5.74) is 7.92. The number of hydrogen-bond acceptors (Lipinski definition) is 6. The Morgan fingerprint density at radius 2 is 1.67 bits per heavy atom. The highest BCUT2D eigenvalue weighted by Gasteiger charge is 2.20. The molecule has 0 aliphatic heterocycles. The molecule has 1 aromatic heterocycles. The van der Waals surface area contributed by atoms with Crippen LogP contribution in [-0.2, 0) is 4.79 Å². The van der Waals surface area contributed by atoms with Gasteiger partial charge in [0.15, 0.2) is 18.1 Å². The van der Waals surface area contributed by atoms with Crippen molar-refractivity contribution >= 4 is 11.8 Å². The van der Waals surface area contributed by atoms with Crippen LogP contribution >= 0.6 is 0 Å². The van der Waals surface area contributed by atoms with E-state index in [2.05, 4.69) is 16.0 Å². The van der Waals surface area contributed by atoms with Gasteiger partial charge in [-0.2, -0.15) is 5.10 Å². The second-order valence-corrected chi connectivity index (χ2v) is 7.85. The smallest absolute Gasteiger partial charge is 0.276 e. The average Bonchev–Trinajstić information content (AvgIpc) is 3.36. The Kier molecular flexibility index (Phi) is 7.50. The van der Waals surface area contributed by atoms with Crippen LogP contribution in [0.3, 0.4) is 0 Å². The summed E-state index contributed by atoms with van der Waals surface area (Å²) in [5.74, 6) is 0.572. The van der Waals surface area contributed by atoms with Crippen molar-refractivity contribution in [3.05, 3.63) is 90.1 Å². The third-order valence-corrected chi connectivity index (χ3v) is 5.31. The van der Waals surface area contributed by atoms with Crippen LogP contribution in [0.5, 0.6) is 17.2 Å². The summed E-state index contributed by atoms with van der Waals surface area (Å²) < 4.78 is 17.8. The zero-order valence-corrected chi connectivity index (χ0v) is 20.1. The lowest BCUT2D eigenvalue weighted by molar-refractivity contribution is -0.123. The number of nitrogens with one attached hydrogen (secondary N) is 2. The van der Waals surface area contributed by atoms with Crippen LogP contribution in [0, 0.1) is 6.92 Å². The van der Waals surface area contributed by atoms with E-state index in [9.17, 15) is 9.59 Å². The number of aryl methyl sites for hydroxylation is 1. The number of aromatic nitrogens is 2. The SMILES string of the molecule is COc1ccc(-c2nn(-c3ccccc3)cc2C(=O)NNC(=O)COc2cccc(C)c2)cc1OC. The first kappa shape index (κ1) is 24.3. The van der Waals surface area contributed by atoms with E-state index < -0.39 is 11.8 Å². The van der Waals surface area contributed by atoms with Crippen molar-refractivity contribution < 1.29 is 23.8 Å². The molecule has 2 N–H and O–H groups in total. The number of rotatable bonds is 8. The molecule has 9 heteroatoms. The maximum absolute atomic E-state index is 13.1. The van der Waals surface area contributed by atoms with E-state index in [1.54, 1.807) is 42.3 Å². The van der Waals surface area contributed by atoms with Gasteiger partial charge in [-0.25, -0.2) is 4.68 Å². The average molecular weight is 487 g/mol. The molecular formula is C27H26N4O5. The number of hydrazine groups is 1. The highest BCUT2D eigenvalue weighted by molar-refractivity contribution is 6.00. The molecule has 0 spiro atoms. The summed E-state index contributed by atoms with van der Waals surface area (Å²) in [6.45, 7) is 1.67. The maximum Gasteiger partial charge on any atom is 0.276 e. The zero-order chi connectivity index (χ0) is 25.5. The van der Waals surface area contributed by atoms with Crippen molar-refractivity contribution in [2.45, 2.75) is 6.92 Å². The van der Waals surface area contributed by atoms with E-state index in [4.69, 9.17) is 14.2 Å². The number of benzene rings is 3.